The van der Waals surface area contributed by atoms with Gasteiger partial charge in [0.2, 0.25) is 0 Å². The summed E-state index contributed by atoms with van der Waals surface area (Å²) in [6.07, 6.45) is 4.32. The van der Waals surface area contributed by atoms with Crippen molar-refractivity contribution in [2.75, 3.05) is 26.2 Å². The fourth-order valence-electron chi connectivity index (χ4n) is 3.49. The van der Waals surface area contributed by atoms with Gasteiger partial charge in [0.1, 0.15) is 0 Å². The van der Waals surface area contributed by atoms with E-state index < -0.39 is 0 Å². The third-order valence-corrected chi connectivity index (χ3v) is 5.00. The molecule has 0 amide bonds. The lowest BCUT2D eigenvalue weighted by molar-refractivity contribution is 0.0767. The molecule has 2 aliphatic rings. The van der Waals surface area contributed by atoms with Crippen molar-refractivity contribution in [1.82, 2.24) is 10.2 Å². The average Bonchev–Trinajstić information content (AvgIpc) is 2.71. The van der Waals surface area contributed by atoms with E-state index in [1.165, 1.54) is 45.4 Å². The molecule has 1 aliphatic heterocycles. The quantitative estimate of drug-likeness (QED) is 0.782. The number of nitrogens with zero attached hydrogens (tertiary/aromatic N) is 1. The van der Waals surface area contributed by atoms with Crippen LogP contribution in [0, 0.1) is 23.7 Å². The molecule has 2 heteroatoms. The Morgan fingerprint density at radius 3 is 2.39 bits per heavy atom. The normalized spacial score (nSPS) is 33.3. The van der Waals surface area contributed by atoms with Crippen molar-refractivity contribution in [1.29, 1.82) is 0 Å². The predicted octanol–water partition coefficient (Wildman–Crippen LogP) is 2.99. The zero-order valence-corrected chi connectivity index (χ0v) is 12.8. The molecular formula is C16H32N2. The summed E-state index contributed by atoms with van der Waals surface area (Å²) in [5.41, 5.74) is 0. The third-order valence-electron chi connectivity index (χ3n) is 5.00. The second kappa shape index (κ2) is 6.38. The van der Waals surface area contributed by atoms with Crippen LogP contribution in [0.3, 0.4) is 0 Å². The van der Waals surface area contributed by atoms with Crippen LogP contribution < -0.4 is 5.32 Å². The van der Waals surface area contributed by atoms with Crippen LogP contribution >= 0.6 is 0 Å². The first-order valence-corrected chi connectivity index (χ1v) is 8.02. The van der Waals surface area contributed by atoms with E-state index >= 15 is 0 Å². The Kier molecular flexibility index (Phi) is 5.08. The molecule has 18 heavy (non-hydrogen) atoms. The highest BCUT2D eigenvalue weighted by Crippen LogP contribution is 2.36. The molecule has 0 radical (unpaired) electrons. The highest BCUT2D eigenvalue weighted by atomic mass is 15.2. The summed E-state index contributed by atoms with van der Waals surface area (Å²) >= 11 is 0. The summed E-state index contributed by atoms with van der Waals surface area (Å²) in [7, 11) is 0. The summed E-state index contributed by atoms with van der Waals surface area (Å²) in [4.78, 5) is 2.79. The molecule has 0 aromatic carbocycles. The van der Waals surface area contributed by atoms with E-state index in [0.29, 0.717) is 0 Å². The molecule has 2 fully saturated rings. The SMILES string of the molecule is CC(C)CNCC1CCC1N1CCC(C(C)C)C1. The van der Waals surface area contributed by atoms with E-state index in [-0.39, 0.29) is 0 Å². The Morgan fingerprint density at radius 2 is 1.89 bits per heavy atom. The lowest BCUT2D eigenvalue weighted by Crippen LogP contribution is -2.50. The van der Waals surface area contributed by atoms with Crippen LogP contribution in [0.1, 0.15) is 47.0 Å². The van der Waals surface area contributed by atoms with E-state index in [1.807, 2.05) is 0 Å². The van der Waals surface area contributed by atoms with Gasteiger partial charge in [-0.1, -0.05) is 27.7 Å². The molecule has 1 N–H and O–H groups in total. The van der Waals surface area contributed by atoms with Gasteiger partial charge in [-0.25, -0.2) is 0 Å². The summed E-state index contributed by atoms with van der Waals surface area (Å²) < 4.78 is 0. The third kappa shape index (κ3) is 3.48. The van der Waals surface area contributed by atoms with E-state index in [4.69, 9.17) is 0 Å². The minimum atomic E-state index is 0.778. The van der Waals surface area contributed by atoms with Crippen LogP contribution in [0.5, 0.6) is 0 Å². The first-order valence-electron chi connectivity index (χ1n) is 8.02. The van der Waals surface area contributed by atoms with Crippen molar-refractivity contribution in [3.05, 3.63) is 0 Å². The van der Waals surface area contributed by atoms with Crippen molar-refractivity contribution >= 4 is 0 Å². The van der Waals surface area contributed by atoms with Crippen molar-refractivity contribution in [2.45, 2.75) is 53.0 Å². The number of hydrogen-bond acceptors (Lipinski definition) is 2. The smallest absolute Gasteiger partial charge is 0.0136 e. The zero-order valence-electron chi connectivity index (χ0n) is 12.8. The molecule has 3 unspecified atom stereocenters. The molecule has 0 spiro atoms. The van der Waals surface area contributed by atoms with Gasteiger partial charge in [-0.05, 0) is 62.6 Å². The zero-order chi connectivity index (χ0) is 13.1. The van der Waals surface area contributed by atoms with Gasteiger partial charge in [0.05, 0.1) is 0 Å². The van der Waals surface area contributed by atoms with Crippen molar-refractivity contribution in [3.8, 4) is 0 Å². The highest BCUT2D eigenvalue weighted by molar-refractivity contribution is 4.93. The molecule has 0 aromatic rings. The molecule has 1 aliphatic carbocycles. The van der Waals surface area contributed by atoms with E-state index in [0.717, 1.165) is 29.7 Å². The Bertz CT molecular complexity index is 249. The lowest BCUT2D eigenvalue weighted by atomic mass is 9.78. The number of hydrogen-bond donors (Lipinski definition) is 1. The van der Waals surface area contributed by atoms with Crippen LogP contribution in [0.4, 0.5) is 0 Å². The lowest BCUT2D eigenvalue weighted by Gasteiger charge is -2.43. The maximum atomic E-state index is 3.65. The van der Waals surface area contributed by atoms with Gasteiger partial charge in [-0.3, -0.25) is 4.90 Å². The molecule has 1 saturated heterocycles. The van der Waals surface area contributed by atoms with Gasteiger partial charge in [-0.15, -0.1) is 0 Å². The van der Waals surface area contributed by atoms with Crippen molar-refractivity contribution in [3.63, 3.8) is 0 Å². The number of nitrogens with one attached hydrogen (secondary N) is 1. The Morgan fingerprint density at radius 1 is 1.11 bits per heavy atom. The maximum Gasteiger partial charge on any atom is 0.0136 e. The molecule has 106 valence electrons. The fraction of sp³-hybridized carbons (Fsp3) is 1.00. The Labute approximate surface area is 114 Å². The van der Waals surface area contributed by atoms with Crippen LogP contribution in [0.25, 0.3) is 0 Å². The van der Waals surface area contributed by atoms with Gasteiger partial charge in [0, 0.05) is 12.6 Å². The van der Waals surface area contributed by atoms with E-state index in [1.54, 1.807) is 0 Å². The molecule has 0 bridgehead atoms. The minimum Gasteiger partial charge on any atom is -0.316 e. The summed E-state index contributed by atoms with van der Waals surface area (Å²) in [5.74, 6) is 3.53. The number of likely N-dealkylation sites (tertiary alicyclic amines) is 1. The van der Waals surface area contributed by atoms with Crippen LogP contribution in [0.2, 0.25) is 0 Å². The first-order chi connectivity index (χ1) is 8.58. The van der Waals surface area contributed by atoms with Crippen molar-refractivity contribution < 1.29 is 0 Å². The predicted molar refractivity (Wildman–Crippen MR) is 78.7 cm³/mol. The Balaban J connectivity index is 1.70. The minimum absolute atomic E-state index is 0.778. The average molecular weight is 252 g/mol. The maximum absolute atomic E-state index is 3.65. The standard InChI is InChI=1S/C16H32N2/c1-12(2)9-17-10-14-5-6-16(14)18-8-7-15(11-18)13(3)4/h12-17H,5-11H2,1-4H3. The monoisotopic (exact) mass is 252 g/mol. The van der Waals surface area contributed by atoms with Crippen molar-refractivity contribution in [2.24, 2.45) is 23.7 Å². The van der Waals surface area contributed by atoms with Crippen LogP contribution in [0.15, 0.2) is 0 Å². The highest BCUT2D eigenvalue weighted by Gasteiger charge is 2.38. The second-order valence-electron chi connectivity index (χ2n) is 7.24. The van der Waals surface area contributed by atoms with E-state index in [2.05, 4.69) is 37.9 Å². The molecule has 2 rings (SSSR count). The second-order valence-corrected chi connectivity index (χ2v) is 7.24. The molecule has 1 saturated carbocycles. The van der Waals surface area contributed by atoms with Gasteiger partial charge in [0.15, 0.2) is 0 Å². The topological polar surface area (TPSA) is 15.3 Å². The summed E-state index contributed by atoms with van der Waals surface area (Å²) in [6, 6.07) is 0.897. The molecular weight excluding hydrogens is 220 g/mol. The summed E-state index contributed by atoms with van der Waals surface area (Å²) in [6.45, 7) is 14.5. The number of rotatable bonds is 6. The molecule has 1 heterocycles. The van der Waals surface area contributed by atoms with Gasteiger partial charge < -0.3 is 5.32 Å². The van der Waals surface area contributed by atoms with Crippen LogP contribution in [-0.2, 0) is 0 Å². The van der Waals surface area contributed by atoms with Gasteiger partial charge in [0.25, 0.3) is 0 Å². The van der Waals surface area contributed by atoms with Crippen LogP contribution in [-0.4, -0.2) is 37.1 Å². The largest absolute Gasteiger partial charge is 0.316 e. The summed E-state index contributed by atoms with van der Waals surface area (Å²) in [5, 5.41) is 3.65. The van der Waals surface area contributed by atoms with Gasteiger partial charge in [-0.2, -0.15) is 0 Å². The van der Waals surface area contributed by atoms with Gasteiger partial charge >= 0.3 is 0 Å². The fourth-order valence-corrected chi connectivity index (χ4v) is 3.49. The molecule has 3 atom stereocenters. The first kappa shape index (κ1) is 14.3. The van der Waals surface area contributed by atoms with E-state index in [9.17, 15) is 0 Å². The molecule has 0 aromatic heterocycles. The molecule has 2 nitrogen and oxygen atoms in total. The Hall–Kier alpha value is -0.0800.